The van der Waals surface area contributed by atoms with Gasteiger partial charge in [-0.15, -0.1) is 0 Å². The van der Waals surface area contributed by atoms with E-state index in [0.717, 1.165) is 18.3 Å². The lowest BCUT2D eigenvalue weighted by molar-refractivity contribution is -0.249. The molecule has 2 nitrogen and oxygen atoms in total. The molecule has 10 atom stereocenters. The first kappa shape index (κ1) is 23.4. The quantitative estimate of drug-likeness (QED) is 0.452. The van der Waals surface area contributed by atoms with E-state index in [-0.39, 0.29) is 16.9 Å². The van der Waals surface area contributed by atoms with Crippen LogP contribution < -0.4 is 0 Å². The molecule has 0 radical (unpaired) electrons. The van der Waals surface area contributed by atoms with Crippen LogP contribution in [0.4, 0.5) is 0 Å². The van der Waals surface area contributed by atoms with Crippen LogP contribution in [0.3, 0.4) is 0 Å². The van der Waals surface area contributed by atoms with E-state index < -0.39 is 0 Å². The van der Waals surface area contributed by atoms with Crippen molar-refractivity contribution in [2.24, 2.45) is 56.7 Å². The lowest BCUT2D eigenvalue weighted by Crippen LogP contribution is -2.66. The Labute approximate surface area is 197 Å². The van der Waals surface area contributed by atoms with Crippen LogP contribution in [0.15, 0.2) is 12.2 Å². The minimum atomic E-state index is -0.147. The summed E-state index contributed by atoms with van der Waals surface area (Å²) < 4.78 is 0. The Morgan fingerprint density at radius 1 is 0.812 bits per heavy atom. The summed E-state index contributed by atoms with van der Waals surface area (Å²) in [5.74, 6) is 3.33. The average Bonchev–Trinajstić information content (AvgIpc) is 3.12. The maximum atomic E-state index is 10.9. The molecule has 0 heterocycles. The smallest absolute Gasteiger partial charge is 0.0594 e. The second-order valence-electron chi connectivity index (χ2n) is 14.6. The van der Waals surface area contributed by atoms with Gasteiger partial charge < -0.3 is 10.2 Å². The van der Waals surface area contributed by atoms with Gasteiger partial charge in [-0.05, 0) is 128 Å². The molecule has 182 valence electrons. The molecule has 5 fully saturated rings. The Bertz CT molecular complexity index is 786. The molecule has 5 saturated carbocycles. The van der Waals surface area contributed by atoms with E-state index in [1.165, 1.54) is 63.4 Å². The lowest BCUT2D eigenvalue weighted by Gasteiger charge is -2.73. The lowest BCUT2D eigenvalue weighted by atomic mass is 9.32. The van der Waals surface area contributed by atoms with Crippen molar-refractivity contribution in [1.82, 2.24) is 0 Å². The maximum absolute atomic E-state index is 10.9. The summed E-state index contributed by atoms with van der Waals surface area (Å²) in [6, 6.07) is 0. The van der Waals surface area contributed by atoms with Crippen molar-refractivity contribution in [2.45, 2.75) is 112 Å². The summed E-state index contributed by atoms with van der Waals surface area (Å²) >= 11 is 0. The zero-order valence-electron chi connectivity index (χ0n) is 21.8. The molecular weight excluding hydrogens is 392 g/mol. The molecule has 0 bridgehead atoms. The van der Waals surface area contributed by atoms with Gasteiger partial charge in [0.2, 0.25) is 0 Å². The Balaban J connectivity index is 1.55. The van der Waals surface area contributed by atoms with Gasteiger partial charge in [-0.25, -0.2) is 0 Å². The van der Waals surface area contributed by atoms with Crippen molar-refractivity contribution in [3.8, 4) is 0 Å². The highest BCUT2D eigenvalue weighted by Crippen LogP contribution is 2.77. The van der Waals surface area contributed by atoms with Crippen LogP contribution in [0, 0.1) is 56.7 Å². The summed E-state index contributed by atoms with van der Waals surface area (Å²) in [6.45, 7) is 19.7. The number of aliphatic hydroxyl groups excluding tert-OH is 2. The maximum Gasteiger partial charge on any atom is 0.0594 e. The number of aliphatic hydroxyl groups is 2. The molecule has 2 heteroatoms. The largest absolute Gasteiger partial charge is 0.396 e. The second kappa shape index (κ2) is 7.09. The third-order valence-corrected chi connectivity index (χ3v) is 13.5. The van der Waals surface area contributed by atoms with Gasteiger partial charge in [-0.3, -0.25) is 0 Å². The minimum absolute atomic E-state index is 0.0290. The number of fused-ring (bicyclic) bond motifs is 7. The van der Waals surface area contributed by atoms with Crippen LogP contribution in [0.2, 0.25) is 0 Å². The third kappa shape index (κ3) is 2.66. The van der Waals surface area contributed by atoms with Gasteiger partial charge in [0, 0.05) is 6.61 Å². The summed E-state index contributed by atoms with van der Waals surface area (Å²) in [6.07, 6.45) is 12.2. The van der Waals surface area contributed by atoms with E-state index in [0.29, 0.717) is 40.6 Å². The molecule has 6 unspecified atom stereocenters. The molecule has 0 aliphatic heterocycles. The molecule has 5 aliphatic rings. The second-order valence-corrected chi connectivity index (χ2v) is 14.6. The normalized spacial score (nSPS) is 56.5. The molecule has 0 aromatic rings. The number of hydrogen-bond donors (Lipinski definition) is 2. The molecule has 2 N–H and O–H groups in total. The van der Waals surface area contributed by atoms with E-state index in [4.69, 9.17) is 0 Å². The van der Waals surface area contributed by atoms with Crippen molar-refractivity contribution in [3.05, 3.63) is 12.2 Å². The van der Waals surface area contributed by atoms with Crippen molar-refractivity contribution in [3.63, 3.8) is 0 Å². The van der Waals surface area contributed by atoms with E-state index in [2.05, 4.69) is 48.1 Å². The van der Waals surface area contributed by atoms with Gasteiger partial charge in [-0.1, -0.05) is 46.8 Å². The van der Waals surface area contributed by atoms with E-state index >= 15 is 0 Å². The molecule has 0 aromatic heterocycles. The van der Waals surface area contributed by atoms with Crippen LogP contribution in [-0.4, -0.2) is 22.9 Å². The Hall–Kier alpha value is -0.340. The Kier molecular flexibility index (Phi) is 5.19. The van der Waals surface area contributed by atoms with Gasteiger partial charge in [0.15, 0.2) is 0 Å². The fourth-order valence-corrected chi connectivity index (χ4v) is 11.5. The highest BCUT2D eigenvalue weighted by molar-refractivity contribution is 5.21. The van der Waals surface area contributed by atoms with Crippen molar-refractivity contribution >= 4 is 0 Å². The van der Waals surface area contributed by atoms with Crippen LogP contribution in [0.25, 0.3) is 0 Å². The minimum Gasteiger partial charge on any atom is -0.396 e. The first-order valence-corrected chi connectivity index (χ1v) is 13.8. The molecule has 5 rings (SSSR count). The highest BCUT2D eigenvalue weighted by Gasteiger charge is 2.70. The van der Waals surface area contributed by atoms with Crippen LogP contribution in [-0.2, 0) is 0 Å². The average molecular weight is 443 g/mol. The fraction of sp³-hybridized carbons (Fsp3) is 0.933. The van der Waals surface area contributed by atoms with E-state index in [9.17, 15) is 10.2 Å². The van der Waals surface area contributed by atoms with Gasteiger partial charge in [0.05, 0.1) is 6.10 Å². The Morgan fingerprint density at radius 3 is 2.19 bits per heavy atom. The molecule has 32 heavy (non-hydrogen) atoms. The third-order valence-electron chi connectivity index (χ3n) is 13.5. The SMILES string of the molecule is C=C(C)[C@@H]1CC[C@]2(CO)CC[C@]3(C)C(CCC4C3(C)CCC3C(C)(C)C(O)CC[C@@]34C)C12. The van der Waals surface area contributed by atoms with Crippen molar-refractivity contribution in [2.75, 3.05) is 6.61 Å². The monoisotopic (exact) mass is 442 g/mol. The van der Waals surface area contributed by atoms with Crippen LogP contribution >= 0.6 is 0 Å². The number of rotatable bonds is 2. The summed E-state index contributed by atoms with van der Waals surface area (Å²) in [5.41, 5.74) is 2.60. The van der Waals surface area contributed by atoms with Crippen LogP contribution in [0.5, 0.6) is 0 Å². The van der Waals surface area contributed by atoms with E-state index in [1.807, 2.05) is 0 Å². The number of allylic oxidation sites excluding steroid dienone is 1. The number of hydrogen-bond acceptors (Lipinski definition) is 2. The standard InChI is InChI=1S/C30H50O2/c1-19(2)20-10-15-30(18-31)17-16-28(6)21(25(20)30)8-9-23-27(5)13-12-24(32)26(3,4)22(27)11-14-29(23,28)7/h20-25,31-32H,1,8-18H2,2-7H3/t20-,21?,22?,23?,24?,25?,27-,28+,29?,30+/m0/s1. The predicted molar refractivity (Wildman–Crippen MR) is 132 cm³/mol. The van der Waals surface area contributed by atoms with Crippen molar-refractivity contribution < 1.29 is 10.2 Å². The fourth-order valence-electron chi connectivity index (χ4n) is 11.5. The molecule has 5 aliphatic carbocycles. The van der Waals surface area contributed by atoms with Gasteiger partial charge in [-0.2, -0.15) is 0 Å². The molecule has 0 amide bonds. The van der Waals surface area contributed by atoms with E-state index in [1.54, 1.807) is 0 Å². The zero-order valence-corrected chi connectivity index (χ0v) is 21.8. The molecule has 0 aromatic carbocycles. The summed E-state index contributed by atoms with van der Waals surface area (Å²) in [5, 5.41) is 21.5. The molecule has 0 spiro atoms. The highest BCUT2D eigenvalue weighted by atomic mass is 16.3. The van der Waals surface area contributed by atoms with Crippen LogP contribution in [0.1, 0.15) is 106 Å². The summed E-state index contributed by atoms with van der Waals surface area (Å²) in [7, 11) is 0. The van der Waals surface area contributed by atoms with Gasteiger partial charge >= 0.3 is 0 Å². The Morgan fingerprint density at radius 2 is 1.53 bits per heavy atom. The zero-order chi connectivity index (χ0) is 23.3. The molecular formula is C30H50O2. The van der Waals surface area contributed by atoms with Gasteiger partial charge in [0.1, 0.15) is 0 Å². The van der Waals surface area contributed by atoms with Crippen molar-refractivity contribution in [1.29, 1.82) is 0 Å². The molecule has 0 saturated heterocycles. The predicted octanol–water partition coefficient (Wildman–Crippen LogP) is 7.00. The summed E-state index contributed by atoms with van der Waals surface area (Å²) in [4.78, 5) is 0. The first-order valence-electron chi connectivity index (χ1n) is 13.8. The first-order chi connectivity index (χ1) is 14.9. The topological polar surface area (TPSA) is 40.5 Å². The van der Waals surface area contributed by atoms with Gasteiger partial charge in [0.25, 0.3) is 0 Å².